The van der Waals surface area contributed by atoms with E-state index in [-0.39, 0.29) is 17.1 Å². The first-order valence-corrected chi connectivity index (χ1v) is 13.1. The third-order valence-corrected chi connectivity index (χ3v) is 10.5. The van der Waals surface area contributed by atoms with Crippen LogP contribution >= 0.6 is 22.6 Å². The number of esters is 1. The second-order valence-electron chi connectivity index (χ2n) is 8.43. The minimum Gasteiger partial charge on any atom is -0.454 e. The third kappa shape index (κ3) is 7.39. The van der Waals surface area contributed by atoms with E-state index in [0.717, 1.165) is 24.8 Å². The summed E-state index contributed by atoms with van der Waals surface area (Å²) in [6.07, 6.45) is 6.45. The first-order valence-electron chi connectivity index (χ1n) is 8.93. The molecule has 0 unspecified atom stereocenters. The molecule has 3 nitrogen and oxygen atoms in total. The molecule has 1 aliphatic heterocycles. The molecule has 0 spiro atoms. The highest BCUT2D eigenvalue weighted by Crippen LogP contribution is 2.36. The SMILES string of the molecule is C/C(=C/I)C[C@H]1C=C(CC/C=C(\C)CO[Si](C)(C)C(C)(C)C)C(=O)O1. The quantitative estimate of drug-likeness (QED) is 0.178. The molecule has 0 aromatic heterocycles. The molecule has 1 heterocycles. The standard InChI is InChI=1S/C20H33IO3Si/c1-15(14-23-25(6,7)20(3,4)5)9-8-10-17-12-18(24-19(17)22)11-16(2)13-21/h9,12-13,18H,8,10-11,14H2,1-7H3/b15-9+,16-13-/t18-/m0/s1. The molecule has 142 valence electrons. The Morgan fingerprint density at radius 1 is 1.32 bits per heavy atom. The molecule has 1 rings (SSSR count). The summed E-state index contributed by atoms with van der Waals surface area (Å²) in [5.74, 6) is -0.158. The first-order chi connectivity index (χ1) is 11.5. The maximum absolute atomic E-state index is 11.9. The fourth-order valence-electron chi connectivity index (χ4n) is 2.23. The number of ether oxygens (including phenoxy) is 1. The maximum Gasteiger partial charge on any atom is 0.334 e. The monoisotopic (exact) mass is 476 g/mol. The number of cyclic esters (lactones) is 1. The van der Waals surface area contributed by atoms with Crippen molar-refractivity contribution in [2.45, 2.75) is 78.1 Å². The number of rotatable bonds is 8. The fourth-order valence-corrected chi connectivity index (χ4v) is 3.51. The molecule has 1 aliphatic rings. The minimum atomic E-state index is -1.70. The Labute approximate surface area is 168 Å². The number of hydrogen-bond donors (Lipinski definition) is 0. The maximum atomic E-state index is 11.9. The van der Waals surface area contributed by atoms with Gasteiger partial charge in [-0.3, -0.25) is 0 Å². The zero-order valence-electron chi connectivity index (χ0n) is 16.7. The van der Waals surface area contributed by atoms with Crippen LogP contribution in [-0.4, -0.2) is 27.0 Å². The molecule has 0 fully saturated rings. The van der Waals surface area contributed by atoms with Crippen LogP contribution in [0.1, 0.15) is 53.9 Å². The van der Waals surface area contributed by atoms with Gasteiger partial charge >= 0.3 is 5.97 Å². The molecule has 0 bridgehead atoms. The predicted molar refractivity (Wildman–Crippen MR) is 116 cm³/mol. The summed E-state index contributed by atoms with van der Waals surface area (Å²) in [5.41, 5.74) is 3.27. The van der Waals surface area contributed by atoms with E-state index in [0.29, 0.717) is 6.61 Å². The van der Waals surface area contributed by atoms with E-state index in [1.807, 2.05) is 10.2 Å². The summed E-state index contributed by atoms with van der Waals surface area (Å²) >= 11 is 2.22. The Bertz CT molecular complexity index is 568. The Kier molecular flexibility index (Phi) is 8.61. The van der Waals surface area contributed by atoms with E-state index in [4.69, 9.17) is 9.16 Å². The molecule has 0 aromatic rings. The number of halogens is 1. The predicted octanol–water partition coefficient (Wildman–Crippen LogP) is 6.32. The molecule has 0 saturated carbocycles. The zero-order valence-corrected chi connectivity index (χ0v) is 19.9. The van der Waals surface area contributed by atoms with Gasteiger partial charge in [-0.1, -0.05) is 60.6 Å². The van der Waals surface area contributed by atoms with Crippen molar-refractivity contribution in [1.82, 2.24) is 0 Å². The highest BCUT2D eigenvalue weighted by atomic mass is 127. The van der Waals surface area contributed by atoms with Crippen LogP contribution in [-0.2, 0) is 14.0 Å². The van der Waals surface area contributed by atoms with Gasteiger partial charge in [0.05, 0.1) is 6.61 Å². The molecule has 25 heavy (non-hydrogen) atoms. The normalized spacial score (nSPS) is 19.9. The second kappa shape index (κ2) is 9.51. The lowest BCUT2D eigenvalue weighted by Gasteiger charge is -2.36. The van der Waals surface area contributed by atoms with Crippen molar-refractivity contribution in [2.75, 3.05) is 6.61 Å². The molecule has 0 saturated heterocycles. The first kappa shape index (κ1) is 22.6. The zero-order chi connectivity index (χ0) is 19.3. The average molecular weight is 476 g/mol. The van der Waals surface area contributed by atoms with Crippen LogP contribution in [0, 0.1) is 0 Å². The molecular formula is C20H33IO3Si. The minimum absolute atomic E-state index is 0.0967. The van der Waals surface area contributed by atoms with Gasteiger partial charge in [-0.05, 0) is 55.0 Å². The van der Waals surface area contributed by atoms with Crippen LogP contribution in [0.25, 0.3) is 0 Å². The summed E-state index contributed by atoms with van der Waals surface area (Å²) in [4.78, 5) is 11.9. The number of carbonyl (C=O) groups is 1. The van der Waals surface area contributed by atoms with Crippen molar-refractivity contribution in [2.24, 2.45) is 0 Å². The molecule has 0 radical (unpaired) electrons. The van der Waals surface area contributed by atoms with E-state index < -0.39 is 8.32 Å². The molecule has 0 amide bonds. The third-order valence-electron chi connectivity index (χ3n) is 4.99. The summed E-state index contributed by atoms with van der Waals surface area (Å²) in [5, 5.41) is 0.227. The lowest BCUT2D eigenvalue weighted by Crippen LogP contribution is -2.41. The number of carbonyl (C=O) groups excluding carboxylic acids is 1. The lowest BCUT2D eigenvalue weighted by atomic mass is 10.1. The summed E-state index contributed by atoms with van der Waals surface area (Å²) < 4.78 is 13.7. The van der Waals surface area contributed by atoms with Crippen molar-refractivity contribution < 1.29 is 14.0 Å². The topological polar surface area (TPSA) is 35.5 Å². The lowest BCUT2D eigenvalue weighted by molar-refractivity contribution is -0.139. The van der Waals surface area contributed by atoms with Gasteiger partial charge in [0.25, 0.3) is 0 Å². The molecular weight excluding hydrogens is 443 g/mol. The Morgan fingerprint density at radius 3 is 2.52 bits per heavy atom. The van der Waals surface area contributed by atoms with Crippen molar-refractivity contribution in [3.05, 3.63) is 33.0 Å². The van der Waals surface area contributed by atoms with Crippen molar-refractivity contribution in [3.8, 4) is 0 Å². The summed E-state index contributed by atoms with van der Waals surface area (Å²) in [6, 6.07) is 0. The van der Waals surface area contributed by atoms with Crippen molar-refractivity contribution in [3.63, 3.8) is 0 Å². The summed E-state index contributed by atoms with van der Waals surface area (Å²) in [6.45, 7) is 16.1. The van der Waals surface area contributed by atoms with Crippen LogP contribution in [0.3, 0.4) is 0 Å². The van der Waals surface area contributed by atoms with Crippen LogP contribution in [0.5, 0.6) is 0 Å². The van der Waals surface area contributed by atoms with Gasteiger partial charge in [0, 0.05) is 12.0 Å². The van der Waals surface area contributed by atoms with E-state index >= 15 is 0 Å². The van der Waals surface area contributed by atoms with Gasteiger partial charge in [-0.2, -0.15) is 0 Å². The molecule has 0 aliphatic carbocycles. The largest absolute Gasteiger partial charge is 0.454 e. The van der Waals surface area contributed by atoms with Gasteiger partial charge in [0.1, 0.15) is 6.10 Å². The molecule has 0 N–H and O–H groups in total. The number of hydrogen-bond acceptors (Lipinski definition) is 3. The average Bonchev–Trinajstić information content (AvgIpc) is 2.83. The summed E-state index contributed by atoms with van der Waals surface area (Å²) in [7, 11) is -1.70. The van der Waals surface area contributed by atoms with E-state index in [2.05, 4.69) is 76.4 Å². The molecule has 5 heteroatoms. The second-order valence-corrected chi connectivity index (χ2v) is 13.9. The van der Waals surface area contributed by atoms with E-state index in [1.165, 1.54) is 11.1 Å². The number of allylic oxidation sites excluding steroid dienone is 1. The molecule has 1 atom stereocenters. The van der Waals surface area contributed by atoms with E-state index in [1.54, 1.807) is 0 Å². The van der Waals surface area contributed by atoms with Gasteiger partial charge < -0.3 is 9.16 Å². The highest BCUT2D eigenvalue weighted by Gasteiger charge is 2.36. The van der Waals surface area contributed by atoms with Crippen LogP contribution in [0.4, 0.5) is 0 Å². The van der Waals surface area contributed by atoms with E-state index in [9.17, 15) is 4.79 Å². The molecule has 0 aromatic carbocycles. The Balaban J connectivity index is 2.48. The Hall–Kier alpha value is -0.403. The Morgan fingerprint density at radius 2 is 1.96 bits per heavy atom. The van der Waals surface area contributed by atoms with Crippen molar-refractivity contribution >= 4 is 36.9 Å². The van der Waals surface area contributed by atoms with Crippen LogP contribution in [0.2, 0.25) is 18.1 Å². The van der Waals surface area contributed by atoms with Gasteiger partial charge in [-0.25, -0.2) is 4.79 Å². The highest BCUT2D eigenvalue weighted by molar-refractivity contribution is 14.1. The smallest absolute Gasteiger partial charge is 0.334 e. The fraction of sp³-hybridized carbons (Fsp3) is 0.650. The van der Waals surface area contributed by atoms with Gasteiger partial charge in [-0.15, -0.1) is 0 Å². The van der Waals surface area contributed by atoms with Gasteiger partial charge in [0.15, 0.2) is 8.32 Å². The van der Waals surface area contributed by atoms with Crippen molar-refractivity contribution in [1.29, 1.82) is 0 Å². The van der Waals surface area contributed by atoms with Crippen LogP contribution < -0.4 is 0 Å². The van der Waals surface area contributed by atoms with Crippen LogP contribution in [0.15, 0.2) is 33.0 Å². The van der Waals surface area contributed by atoms with Gasteiger partial charge in [0.2, 0.25) is 0 Å².